The quantitative estimate of drug-likeness (QED) is 0.370. The predicted octanol–water partition coefficient (Wildman–Crippen LogP) is 0.743. The number of hydrogen-bond donors (Lipinski definition) is 0. The van der Waals surface area contributed by atoms with Gasteiger partial charge in [-0.25, -0.2) is 0 Å². The Balaban J connectivity index is -0.00000000667. The van der Waals surface area contributed by atoms with Crippen molar-refractivity contribution < 1.29 is 30.3 Å². The first-order valence-electron chi connectivity index (χ1n) is 0.333. The van der Waals surface area contributed by atoms with Crippen molar-refractivity contribution in [2.45, 2.75) is 0 Å². The van der Waals surface area contributed by atoms with Crippen LogP contribution in [0.1, 0.15) is 0 Å². The van der Waals surface area contributed by atoms with E-state index in [9.17, 15) is 0 Å². The Hall–Kier alpha value is 3.03. The van der Waals surface area contributed by atoms with E-state index in [0.717, 1.165) is 0 Å². The first-order valence-corrected chi connectivity index (χ1v) is 14.2. The molecule has 0 saturated heterocycles. The van der Waals surface area contributed by atoms with Crippen molar-refractivity contribution in [2.24, 2.45) is 0 Å². The van der Waals surface area contributed by atoms with Crippen molar-refractivity contribution in [3.63, 3.8) is 0 Å². The normalized spacial score (nSPS) is 2.00. The van der Waals surface area contributed by atoms with Crippen molar-refractivity contribution in [1.82, 2.24) is 0 Å². The molecule has 0 bridgehead atoms. The molecule has 0 spiro atoms. The third-order valence-electron chi connectivity index (χ3n) is 0. The Labute approximate surface area is 78.2 Å². The summed E-state index contributed by atoms with van der Waals surface area (Å²) in [4.78, 5) is 0. The van der Waals surface area contributed by atoms with Crippen LogP contribution in [0, 0.1) is 0 Å². The van der Waals surface area contributed by atoms with Crippen LogP contribution in [0.5, 0.6) is 0 Å². The Morgan fingerprint density at radius 3 is 1.17 bits per heavy atom. The number of hydrogen-bond acceptors (Lipinski definition) is 0. The third-order valence-corrected chi connectivity index (χ3v) is 0. The van der Waals surface area contributed by atoms with Crippen LogP contribution in [0.4, 0.5) is 0 Å². The summed E-state index contributed by atoms with van der Waals surface area (Å²) in [6.07, 6.45) is 0. The third kappa shape index (κ3) is 27.9. The summed E-state index contributed by atoms with van der Waals surface area (Å²) in [5.74, 6) is 0. The topological polar surface area (TPSA) is 0 Å². The van der Waals surface area contributed by atoms with E-state index in [1.165, 1.54) is 0 Å². The van der Waals surface area contributed by atoms with Crippen molar-refractivity contribution in [3.8, 4) is 0 Å². The van der Waals surface area contributed by atoms with E-state index in [-0.39, 0.29) is 53.7 Å². The van der Waals surface area contributed by atoms with Gasteiger partial charge in [0, 0.05) is 40.5 Å². The summed E-state index contributed by atoms with van der Waals surface area (Å²) < 4.78 is 0. The standard InChI is InChI=1S/Fe.P.S.2Se.W. The SMILES string of the molecule is [Fe].[P].[S].[Se]=[W]=[Se]. The first kappa shape index (κ1) is 23.0. The van der Waals surface area contributed by atoms with Gasteiger partial charge in [0.05, 0.1) is 0 Å². The summed E-state index contributed by atoms with van der Waals surface area (Å²) in [6.45, 7) is 0. The Bertz CT molecular complexity index is 34.5. The molecule has 0 amide bonds. The molecule has 0 aromatic carbocycles. The minimum atomic E-state index is -0.000000000000000111. The van der Waals surface area contributed by atoms with Crippen molar-refractivity contribution >= 4 is 49.0 Å². The van der Waals surface area contributed by atoms with Crippen LogP contribution in [-0.4, -0.2) is 25.6 Å². The second-order valence-corrected chi connectivity index (χ2v) is 15.0. The van der Waals surface area contributed by atoms with Gasteiger partial charge in [-0.15, -0.1) is 0 Å². The van der Waals surface area contributed by atoms with Gasteiger partial charge in [-0.3, -0.25) is 0 Å². The fraction of sp³-hybridized carbons (Fsp3) is 0. The van der Waals surface area contributed by atoms with Crippen molar-refractivity contribution in [3.05, 3.63) is 0 Å². The van der Waals surface area contributed by atoms with E-state index < -0.39 is 0 Å². The molecule has 37 valence electrons. The molecule has 0 saturated carbocycles. The first-order chi connectivity index (χ1) is 1.41. The van der Waals surface area contributed by atoms with Gasteiger partial charge in [0.1, 0.15) is 0 Å². The van der Waals surface area contributed by atoms with E-state index >= 15 is 0 Å². The fourth-order valence-corrected chi connectivity index (χ4v) is 0. The molecule has 0 aliphatic heterocycles. The minimum absolute atomic E-state index is 0. The van der Waals surface area contributed by atoms with E-state index in [1.54, 1.807) is 0 Å². The van der Waals surface area contributed by atoms with Crippen LogP contribution in [0.15, 0.2) is 0 Å². The van der Waals surface area contributed by atoms with Gasteiger partial charge in [-0.2, -0.15) is 0 Å². The maximum atomic E-state index is 2.92. The maximum absolute atomic E-state index is 2.92. The molecule has 0 fully saturated rings. The fourth-order valence-electron chi connectivity index (χ4n) is 0. The van der Waals surface area contributed by atoms with Crippen molar-refractivity contribution in [1.29, 1.82) is 0 Å². The Morgan fingerprint density at radius 1 is 1.17 bits per heavy atom. The van der Waals surface area contributed by atoms with E-state index in [2.05, 4.69) is 25.6 Å². The molecule has 0 unspecified atom stereocenters. The summed E-state index contributed by atoms with van der Waals surface area (Å²) in [6, 6.07) is 0. The molecule has 0 atom stereocenters. The van der Waals surface area contributed by atoms with Gasteiger partial charge in [0.15, 0.2) is 0 Å². The van der Waals surface area contributed by atoms with Crippen LogP contribution < -0.4 is 0 Å². The van der Waals surface area contributed by atoms with Crippen LogP contribution in [0.25, 0.3) is 0 Å². The zero-order valence-electron chi connectivity index (χ0n) is 2.43. The Morgan fingerprint density at radius 2 is 1.17 bits per heavy atom. The van der Waals surface area contributed by atoms with Gasteiger partial charge in [0.2, 0.25) is 0 Å². The van der Waals surface area contributed by atoms with Gasteiger partial charge < -0.3 is 0 Å². The van der Waals surface area contributed by atoms with Crippen LogP contribution in [-0.2, 0) is 30.3 Å². The zero-order chi connectivity index (χ0) is 2.71. The van der Waals surface area contributed by atoms with E-state index in [0.29, 0.717) is 0 Å². The van der Waals surface area contributed by atoms with E-state index in [1.807, 2.05) is 0 Å². The van der Waals surface area contributed by atoms with Crippen molar-refractivity contribution in [2.75, 3.05) is 0 Å². The molecule has 5 radical (unpaired) electrons. The Kier molecular flexibility index (Phi) is 93.8. The van der Waals surface area contributed by atoms with Crippen LogP contribution in [0.2, 0.25) is 0 Å². The zero-order valence-corrected chi connectivity index (χ0v) is 11.6. The summed E-state index contributed by atoms with van der Waals surface area (Å²) in [7, 11) is 0. The second kappa shape index (κ2) is 24.4. The van der Waals surface area contributed by atoms with Gasteiger partial charge in [-0.05, 0) is 0 Å². The van der Waals surface area contributed by atoms with Gasteiger partial charge >= 0.3 is 38.9 Å². The second-order valence-electron chi connectivity index (χ2n) is 0.0680. The molecule has 0 aromatic rings. The summed E-state index contributed by atoms with van der Waals surface area (Å²) >= 11 is 5.83. The number of rotatable bonds is 0. The van der Waals surface area contributed by atoms with E-state index in [4.69, 9.17) is 0 Å². The molecule has 0 rings (SSSR count). The molecule has 0 N–H and O–H groups in total. The molecule has 0 aliphatic carbocycles. The molecular weight excluding hydrogens is 461 g/mol. The molecule has 0 heterocycles. The predicted molar refractivity (Wildman–Crippen MR) is 26.0 cm³/mol. The summed E-state index contributed by atoms with van der Waals surface area (Å²) in [5, 5.41) is 0. The van der Waals surface area contributed by atoms with Crippen LogP contribution >= 0.6 is 23.4 Å². The molecule has 6 heteroatoms. The molecular formula is FePSSe2W. The monoisotopic (exact) mass is 463 g/mol. The molecule has 0 nitrogen and oxygen atoms in total. The molecule has 0 aliphatic rings. The average molecular weight is 461 g/mol. The summed E-state index contributed by atoms with van der Waals surface area (Å²) in [5.41, 5.74) is 0. The molecule has 6 heavy (non-hydrogen) atoms. The molecule has 0 aromatic heterocycles. The van der Waals surface area contributed by atoms with Gasteiger partial charge in [0.25, 0.3) is 0 Å². The average Bonchev–Trinajstić information content (AvgIpc) is 0.918. The van der Waals surface area contributed by atoms with Gasteiger partial charge in [-0.1, -0.05) is 0 Å². The van der Waals surface area contributed by atoms with Crippen LogP contribution in [0.3, 0.4) is 0 Å².